The number of hydrogen-bond donors (Lipinski definition) is 0. The first kappa shape index (κ1) is 13.4. The first-order chi connectivity index (χ1) is 10.1. The number of halogens is 1. The van der Waals surface area contributed by atoms with Crippen LogP contribution in [0.1, 0.15) is 21.5 Å². The highest BCUT2D eigenvalue weighted by Crippen LogP contribution is 2.17. The molecule has 0 amide bonds. The molecule has 0 saturated heterocycles. The van der Waals surface area contributed by atoms with Gasteiger partial charge < -0.3 is 0 Å². The summed E-state index contributed by atoms with van der Waals surface area (Å²) in [7, 11) is 0. The summed E-state index contributed by atoms with van der Waals surface area (Å²) < 4.78 is 13.3. The average Bonchev–Trinajstić information content (AvgIpc) is 2.50. The normalized spacial score (nSPS) is 10.8. The molecule has 1 aromatic heterocycles. The van der Waals surface area contributed by atoms with Crippen molar-refractivity contribution in [2.45, 2.75) is 13.3 Å². The van der Waals surface area contributed by atoms with Crippen molar-refractivity contribution in [2.24, 2.45) is 0 Å². The molecule has 2 nitrogen and oxygen atoms in total. The number of ketones is 1. The minimum absolute atomic E-state index is 0.0190. The van der Waals surface area contributed by atoms with Gasteiger partial charge in [-0.05, 0) is 54.4 Å². The fourth-order valence-electron chi connectivity index (χ4n) is 2.35. The van der Waals surface area contributed by atoms with Crippen LogP contribution < -0.4 is 0 Å². The Morgan fingerprint density at radius 3 is 2.86 bits per heavy atom. The van der Waals surface area contributed by atoms with Crippen molar-refractivity contribution < 1.29 is 9.18 Å². The molecule has 0 fully saturated rings. The van der Waals surface area contributed by atoms with Gasteiger partial charge in [-0.25, -0.2) is 4.39 Å². The highest BCUT2D eigenvalue weighted by Gasteiger charge is 2.10. The van der Waals surface area contributed by atoms with Crippen molar-refractivity contribution in [3.63, 3.8) is 0 Å². The standard InChI is InChI=1S/C18H14FNO/c1-12-4-6-16(19)10-15(12)11-18(21)14-5-7-17-13(9-14)3-2-8-20-17/h2-10H,11H2,1H3. The van der Waals surface area contributed by atoms with Crippen molar-refractivity contribution in [3.8, 4) is 0 Å². The topological polar surface area (TPSA) is 30.0 Å². The summed E-state index contributed by atoms with van der Waals surface area (Å²) in [5, 5.41) is 0.930. The lowest BCUT2D eigenvalue weighted by Gasteiger charge is -2.06. The summed E-state index contributed by atoms with van der Waals surface area (Å²) >= 11 is 0. The van der Waals surface area contributed by atoms with Crippen LogP contribution in [0.2, 0.25) is 0 Å². The number of rotatable bonds is 3. The van der Waals surface area contributed by atoms with E-state index in [0.29, 0.717) is 5.56 Å². The number of aromatic nitrogens is 1. The van der Waals surface area contributed by atoms with Crippen LogP contribution in [0.5, 0.6) is 0 Å². The number of benzene rings is 2. The van der Waals surface area contributed by atoms with E-state index < -0.39 is 0 Å². The zero-order valence-corrected chi connectivity index (χ0v) is 11.6. The molecule has 0 radical (unpaired) electrons. The van der Waals surface area contributed by atoms with Crippen LogP contribution in [0.15, 0.2) is 54.7 Å². The molecule has 0 atom stereocenters. The lowest BCUT2D eigenvalue weighted by Crippen LogP contribution is -2.05. The van der Waals surface area contributed by atoms with Gasteiger partial charge in [0.05, 0.1) is 5.52 Å². The van der Waals surface area contributed by atoms with Gasteiger partial charge in [0.2, 0.25) is 0 Å². The van der Waals surface area contributed by atoms with Crippen molar-refractivity contribution in [2.75, 3.05) is 0 Å². The van der Waals surface area contributed by atoms with Gasteiger partial charge in [-0.3, -0.25) is 9.78 Å². The van der Waals surface area contributed by atoms with Crippen molar-refractivity contribution >= 4 is 16.7 Å². The van der Waals surface area contributed by atoms with Crippen LogP contribution in [0.25, 0.3) is 10.9 Å². The van der Waals surface area contributed by atoms with E-state index in [1.54, 1.807) is 18.3 Å². The lowest BCUT2D eigenvalue weighted by atomic mass is 9.98. The molecule has 2 aromatic carbocycles. The van der Waals surface area contributed by atoms with Crippen LogP contribution >= 0.6 is 0 Å². The second-order valence-electron chi connectivity index (χ2n) is 5.08. The first-order valence-corrected chi connectivity index (χ1v) is 6.76. The van der Waals surface area contributed by atoms with Gasteiger partial charge in [-0.15, -0.1) is 0 Å². The molecule has 0 aliphatic rings. The predicted molar refractivity (Wildman–Crippen MR) is 80.9 cm³/mol. The molecule has 1 heterocycles. The summed E-state index contributed by atoms with van der Waals surface area (Å²) in [5.74, 6) is -0.333. The number of aryl methyl sites for hydroxylation is 1. The van der Waals surface area contributed by atoms with Crippen molar-refractivity contribution in [3.05, 3.63) is 77.2 Å². The smallest absolute Gasteiger partial charge is 0.167 e. The highest BCUT2D eigenvalue weighted by molar-refractivity contribution is 6.00. The van der Waals surface area contributed by atoms with Crippen molar-refractivity contribution in [1.29, 1.82) is 0 Å². The maximum absolute atomic E-state index is 13.3. The molecule has 0 spiro atoms. The molecular formula is C18H14FNO. The summed E-state index contributed by atoms with van der Waals surface area (Å²) in [6, 6.07) is 13.7. The summed E-state index contributed by atoms with van der Waals surface area (Å²) in [5.41, 5.74) is 3.13. The molecular weight excluding hydrogens is 265 g/mol. The van der Waals surface area contributed by atoms with E-state index in [4.69, 9.17) is 0 Å². The Morgan fingerprint density at radius 1 is 1.14 bits per heavy atom. The highest BCUT2D eigenvalue weighted by atomic mass is 19.1. The third-order valence-electron chi connectivity index (χ3n) is 3.59. The third-order valence-corrected chi connectivity index (χ3v) is 3.59. The summed E-state index contributed by atoms with van der Waals surface area (Å²) in [6.07, 6.45) is 1.93. The van der Waals surface area contributed by atoms with Crippen LogP contribution in [-0.4, -0.2) is 10.8 Å². The number of hydrogen-bond acceptors (Lipinski definition) is 2. The molecule has 3 aromatic rings. The Morgan fingerprint density at radius 2 is 2.00 bits per heavy atom. The summed E-state index contributed by atoms with van der Waals surface area (Å²) in [4.78, 5) is 16.6. The molecule has 0 bridgehead atoms. The van der Waals surface area contributed by atoms with Gasteiger partial charge in [0.25, 0.3) is 0 Å². The zero-order valence-electron chi connectivity index (χ0n) is 11.6. The SMILES string of the molecule is Cc1ccc(F)cc1CC(=O)c1ccc2ncccc2c1. The number of carbonyl (C=O) groups is 1. The fourth-order valence-corrected chi connectivity index (χ4v) is 2.35. The molecule has 0 aliphatic heterocycles. The average molecular weight is 279 g/mol. The Bertz CT molecular complexity index is 826. The van der Waals surface area contributed by atoms with E-state index in [9.17, 15) is 9.18 Å². The number of nitrogens with zero attached hydrogens (tertiary/aromatic N) is 1. The predicted octanol–water partition coefficient (Wildman–Crippen LogP) is 4.11. The second-order valence-corrected chi connectivity index (χ2v) is 5.08. The maximum atomic E-state index is 13.3. The third kappa shape index (κ3) is 2.82. The second kappa shape index (κ2) is 5.44. The molecule has 21 heavy (non-hydrogen) atoms. The molecule has 3 rings (SSSR count). The number of carbonyl (C=O) groups excluding carboxylic acids is 1. The van der Waals surface area contributed by atoms with Crippen LogP contribution in [-0.2, 0) is 6.42 Å². The van der Waals surface area contributed by atoms with E-state index in [0.717, 1.165) is 22.0 Å². The Hall–Kier alpha value is -2.55. The van der Waals surface area contributed by atoms with Crippen molar-refractivity contribution in [1.82, 2.24) is 4.98 Å². The van der Waals surface area contributed by atoms with Gasteiger partial charge in [-0.2, -0.15) is 0 Å². The fraction of sp³-hybridized carbons (Fsp3) is 0.111. The van der Waals surface area contributed by atoms with Crippen LogP contribution in [0, 0.1) is 12.7 Å². The Balaban J connectivity index is 1.91. The van der Waals surface area contributed by atoms with Gasteiger partial charge in [0.15, 0.2) is 5.78 Å². The maximum Gasteiger partial charge on any atom is 0.167 e. The number of Topliss-reactive ketones (excluding diaryl/α,β-unsaturated/α-hetero) is 1. The lowest BCUT2D eigenvalue weighted by molar-refractivity contribution is 0.0993. The number of pyridine rings is 1. The molecule has 0 aliphatic carbocycles. The zero-order chi connectivity index (χ0) is 14.8. The molecule has 0 unspecified atom stereocenters. The molecule has 3 heteroatoms. The van der Waals surface area contributed by atoms with Gasteiger partial charge in [0, 0.05) is 23.6 Å². The van der Waals surface area contributed by atoms with Crippen LogP contribution in [0.4, 0.5) is 4.39 Å². The molecule has 104 valence electrons. The van der Waals surface area contributed by atoms with E-state index in [1.807, 2.05) is 31.2 Å². The van der Waals surface area contributed by atoms with E-state index in [-0.39, 0.29) is 18.0 Å². The minimum Gasteiger partial charge on any atom is -0.294 e. The van der Waals surface area contributed by atoms with Gasteiger partial charge in [-0.1, -0.05) is 12.1 Å². The summed E-state index contributed by atoms with van der Waals surface area (Å²) in [6.45, 7) is 1.88. The van der Waals surface area contributed by atoms with E-state index in [1.165, 1.54) is 12.1 Å². The Labute approximate surface area is 122 Å². The van der Waals surface area contributed by atoms with E-state index in [2.05, 4.69) is 4.98 Å². The number of fused-ring (bicyclic) bond motifs is 1. The van der Waals surface area contributed by atoms with Gasteiger partial charge >= 0.3 is 0 Å². The monoisotopic (exact) mass is 279 g/mol. The van der Waals surface area contributed by atoms with Crippen LogP contribution in [0.3, 0.4) is 0 Å². The quantitative estimate of drug-likeness (QED) is 0.675. The minimum atomic E-state index is -0.314. The van der Waals surface area contributed by atoms with Gasteiger partial charge in [0.1, 0.15) is 5.82 Å². The Kier molecular flexibility index (Phi) is 3.48. The molecule has 0 saturated carbocycles. The van der Waals surface area contributed by atoms with E-state index >= 15 is 0 Å². The largest absolute Gasteiger partial charge is 0.294 e. The molecule has 0 N–H and O–H groups in total. The first-order valence-electron chi connectivity index (χ1n) is 6.76.